The predicted octanol–water partition coefficient (Wildman–Crippen LogP) is 5.98. The van der Waals surface area contributed by atoms with Crippen LogP contribution in [0.15, 0.2) is 11.1 Å². The first-order valence-electron chi connectivity index (χ1n) is 14.7. The lowest BCUT2D eigenvalue weighted by Gasteiger charge is -2.69. The lowest BCUT2D eigenvalue weighted by Crippen LogP contribution is -2.65. The van der Waals surface area contributed by atoms with Gasteiger partial charge >= 0.3 is 11.9 Å². The van der Waals surface area contributed by atoms with Crippen molar-refractivity contribution in [3.05, 3.63) is 11.1 Å². The van der Waals surface area contributed by atoms with Crippen LogP contribution in [0.2, 0.25) is 0 Å². The number of cyclic esters (lactones) is 1. The van der Waals surface area contributed by atoms with Crippen molar-refractivity contribution in [1.29, 1.82) is 0 Å². The SMILES string of the molecule is CC(O)CC(=O)O[C@H]1CC2[C@@]3(C)CCC[C@@]4(C[C@@H]4C)C3CC[C@@]2(C)C2CCC3=C(C(=O)O[C@H]3C)[C@]21C. The molecule has 36 heavy (non-hydrogen) atoms. The minimum Gasteiger partial charge on any atom is -0.461 e. The summed E-state index contributed by atoms with van der Waals surface area (Å²) in [4.78, 5) is 26.3. The third-order valence-electron chi connectivity index (χ3n) is 12.8. The van der Waals surface area contributed by atoms with Crippen molar-refractivity contribution >= 4 is 11.9 Å². The molecular weight excluding hydrogens is 452 g/mol. The zero-order valence-electron chi connectivity index (χ0n) is 23.2. The van der Waals surface area contributed by atoms with E-state index in [1.54, 1.807) is 6.92 Å². The lowest BCUT2D eigenvalue weighted by atomic mass is 9.35. The summed E-state index contributed by atoms with van der Waals surface area (Å²) >= 11 is 0. The highest BCUT2D eigenvalue weighted by atomic mass is 16.6. The van der Waals surface area contributed by atoms with Crippen LogP contribution < -0.4 is 0 Å². The zero-order valence-corrected chi connectivity index (χ0v) is 23.2. The molecule has 6 rings (SSSR count). The Morgan fingerprint density at radius 2 is 1.78 bits per heavy atom. The molecule has 11 atom stereocenters. The number of carbonyl (C=O) groups excluding carboxylic acids is 2. The van der Waals surface area contributed by atoms with Crippen molar-refractivity contribution < 1.29 is 24.2 Å². The first-order chi connectivity index (χ1) is 16.9. The molecule has 6 aliphatic rings. The molecule has 0 aromatic carbocycles. The fourth-order valence-electron chi connectivity index (χ4n) is 11.3. The highest BCUT2D eigenvalue weighted by Gasteiger charge is 2.72. The second-order valence-electron chi connectivity index (χ2n) is 14.4. The van der Waals surface area contributed by atoms with Crippen LogP contribution in [0, 0.1) is 45.3 Å². The van der Waals surface area contributed by atoms with Crippen molar-refractivity contribution in [3.8, 4) is 0 Å². The van der Waals surface area contributed by atoms with Gasteiger partial charge in [0, 0.05) is 11.0 Å². The van der Waals surface area contributed by atoms with Gasteiger partial charge in [0.15, 0.2) is 0 Å². The molecule has 4 unspecified atom stereocenters. The van der Waals surface area contributed by atoms with E-state index in [2.05, 4.69) is 27.7 Å². The fourth-order valence-corrected chi connectivity index (χ4v) is 11.3. The molecule has 0 radical (unpaired) electrons. The Labute approximate surface area is 216 Å². The Balaban J connectivity index is 1.45. The molecule has 1 aliphatic heterocycles. The van der Waals surface area contributed by atoms with E-state index in [1.807, 2.05) is 6.92 Å². The molecule has 4 fully saturated rings. The minimum atomic E-state index is -0.737. The molecule has 1 N–H and O–H groups in total. The van der Waals surface area contributed by atoms with Gasteiger partial charge in [-0.25, -0.2) is 4.79 Å². The standard InChI is InChI=1S/C31H46O5/c1-17-16-31(17)12-7-11-28(4)22(31)10-13-29(5)21-9-8-20-19(3)35-27(34)26(20)30(21,6)24(15-23(28)29)36-25(33)14-18(2)32/h17-19,21-24,32H,7-16H2,1-6H3/t17-,18?,19-,21?,22?,23?,24-,28-,29-,30+,31-/m0/s1. The van der Waals surface area contributed by atoms with Gasteiger partial charge in [-0.2, -0.15) is 0 Å². The van der Waals surface area contributed by atoms with Gasteiger partial charge in [-0.05, 0) is 111 Å². The van der Waals surface area contributed by atoms with Crippen LogP contribution in [-0.4, -0.2) is 35.4 Å². The van der Waals surface area contributed by atoms with Crippen molar-refractivity contribution in [1.82, 2.24) is 0 Å². The molecule has 0 aromatic rings. The third-order valence-corrected chi connectivity index (χ3v) is 12.8. The van der Waals surface area contributed by atoms with Gasteiger partial charge in [-0.1, -0.05) is 34.1 Å². The highest BCUT2D eigenvalue weighted by molar-refractivity contribution is 5.94. The largest absolute Gasteiger partial charge is 0.461 e. The Bertz CT molecular complexity index is 1010. The number of hydrogen-bond donors (Lipinski definition) is 1. The Hall–Kier alpha value is -1.36. The molecule has 0 aromatic heterocycles. The van der Waals surface area contributed by atoms with Gasteiger partial charge < -0.3 is 14.6 Å². The van der Waals surface area contributed by atoms with Crippen LogP contribution in [0.5, 0.6) is 0 Å². The monoisotopic (exact) mass is 498 g/mol. The van der Waals surface area contributed by atoms with E-state index in [0.717, 1.165) is 42.2 Å². The summed E-state index contributed by atoms with van der Waals surface area (Å²) in [6.07, 6.45) is 9.26. The quantitative estimate of drug-likeness (QED) is 0.485. The number of fused-ring (bicyclic) bond motifs is 7. The molecule has 5 aliphatic carbocycles. The summed E-state index contributed by atoms with van der Waals surface area (Å²) in [6, 6.07) is 0. The average Bonchev–Trinajstić information content (AvgIpc) is 3.30. The second-order valence-corrected chi connectivity index (χ2v) is 14.4. The van der Waals surface area contributed by atoms with E-state index < -0.39 is 11.5 Å². The van der Waals surface area contributed by atoms with Gasteiger partial charge in [0.1, 0.15) is 12.2 Å². The summed E-state index contributed by atoms with van der Waals surface area (Å²) in [5, 5.41) is 9.90. The normalized spacial score (nSPS) is 52.0. The molecular formula is C31H46O5. The molecule has 0 bridgehead atoms. The molecule has 0 saturated heterocycles. The Morgan fingerprint density at radius 3 is 2.44 bits per heavy atom. The molecule has 1 spiro atoms. The van der Waals surface area contributed by atoms with Gasteiger partial charge in [0.2, 0.25) is 0 Å². The van der Waals surface area contributed by atoms with Crippen LogP contribution in [0.4, 0.5) is 0 Å². The molecule has 4 saturated carbocycles. The number of aliphatic hydroxyl groups excluding tert-OH is 1. The number of ether oxygens (including phenoxy) is 2. The number of rotatable bonds is 3. The minimum absolute atomic E-state index is 0.00749. The Morgan fingerprint density at radius 1 is 1.08 bits per heavy atom. The number of carbonyl (C=O) groups is 2. The highest BCUT2D eigenvalue weighted by Crippen LogP contribution is 2.78. The smallest absolute Gasteiger partial charge is 0.335 e. The summed E-state index contributed by atoms with van der Waals surface area (Å²) < 4.78 is 12.1. The summed E-state index contributed by atoms with van der Waals surface area (Å²) in [6.45, 7) is 13.4. The van der Waals surface area contributed by atoms with E-state index >= 15 is 0 Å². The van der Waals surface area contributed by atoms with Crippen molar-refractivity contribution in [2.45, 2.75) is 124 Å². The van der Waals surface area contributed by atoms with E-state index in [-0.39, 0.29) is 47.3 Å². The van der Waals surface area contributed by atoms with E-state index in [0.29, 0.717) is 11.3 Å². The number of esters is 2. The van der Waals surface area contributed by atoms with E-state index in [9.17, 15) is 14.7 Å². The molecule has 1 heterocycles. The van der Waals surface area contributed by atoms with E-state index in [1.165, 1.54) is 38.5 Å². The van der Waals surface area contributed by atoms with Crippen molar-refractivity contribution in [2.24, 2.45) is 45.3 Å². The van der Waals surface area contributed by atoms with Crippen molar-refractivity contribution in [2.75, 3.05) is 0 Å². The van der Waals surface area contributed by atoms with Crippen LogP contribution in [0.3, 0.4) is 0 Å². The first-order valence-corrected chi connectivity index (χ1v) is 14.7. The fraction of sp³-hybridized carbons (Fsp3) is 0.871. The third kappa shape index (κ3) is 3.10. The van der Waals surface area contributed by atoms with Gasteiger partial charge in [0.25, 0.3) is 0 Å². The van der Waals surface area contributed by atoms with Crippen molar-refractivity contribution in [3.63, 3.8) is 0 Å². The zero-order chi connectivity index (χ0) is 25.8. The average molecular weight is 499 g/mol. The van der Waals surface area contributed by atoms with Gasteiger partial charge in [0.05, 0.1) is 12.5 Å². The van der Waals surface area contributed by atoms with Gasteiger partial charge in [-0.3, -0.25) is 4.79 Å². The van der Waals surface area contributed by atoms with Crippen LogP contribution in [-0.2, 0) is 19.1 Å². The van der Waals surface area contributed by atoms with Crippen LogP contribution in [0.25, 0.3) is 0 Å². The Kier molecular flexibility index (Phi) is 5.43. The number of hydrogen-bond acceptors (Lipinski definition) is 5. The summed E-state index contributed by atoms with van der Waals surface area (Å²) in [7, 11) is 0. The summed E-state index contributed by atoms with van der Waals surface area (Å²) in [5.74, 6) is 1.77. The predicted molar refractivity (Wildman–Crippen MR) is 137 cm³/mol. The van der Waals surface area contributed by atoms with E-state index in [4.69, 9.17) is 9.47 Å². The maximum atomic E-state index is 13.3. The maximum absolute atomic E-state index is 13.3. The molecule has 5 heteroatoms. The van der Waals surface area contributed by atoms with Gasteiger partial charge in [-0.15, -0.1) is 0 Å². The first kappa shape index (κ1) is 24.9. The second kappa shape index (κ2) is 7.83. The number of aliphatic hydroxyl groups is 1. The maximum Gasteiger partial charge on any atom is 0.335 e. The lowest BCUT2D eigenvalue weighted by molar-refractivity contribution is -0.223. The molecule has 200 valence electrons. The van der Waals surface area contributed by atoms with Crippen LogP contribution in [0.1, 0.15) is 106 Å². The molecule has 0 amide bonds. The summed E-state index contributed by atoms with van der Waals surface area (Å²) in [5.41, 5.74) is 2.27. The molecule has 5 nitrogen and oxygen atoms in total. The topological polar surface area (TPSA) is 72.8 Å². The van der Waals surface area contributed by atoms with Crippen LogP contribution >= 0.6 is 0 Å².